The van der Waals surface area contributed by atoms with Crippen molar-refractivity contribution < 1.29 is 4.74 Å². The highest BCUT2D eigenvalue weighted by atomic mass is 16.5. The van der Waals surface area contributed by atoms with Crippen molar-refractivity contribution >= 4 is 0 Å². The molecule has 4 nitrogen and oxygen atoms in total. The first-order valence-corrected chi connectivity index (χ1v) is 5.91. The fraction of sp³-hybridized carbons (Fsp3) is 0.286. The van der Waals surface area contributed by atoms with E-state index in [0.29, 0.717) is 11.4 Å². The van der Waals surface area contributed by atoms with E-state index in [9.17, 15) is 4.79 Å². The van der Waals surface area contributed by atoms with Crippen LogP contribution in [0.1, 0.15) is 30.9 Å². The lowest BCUT2D eigenvalue weighted by molar-refractivity contribution is 0.117. The number of H-pyrrole nitrogens is 1. The molecule has 0 fully saturated rings. The molecule has 1 aliphatic rings. The Morgan fingerprint density at radius 1 is 1.28 bits per heavy atom. The summed E-state index contributed by atoms with van der Waals surface area (Å²) in [4.78, 5) is 18.7. The second kappa shape index (κ2) is 3.70. The van der Waals surface area contributed by atoms with Crippen LogP contribution in [0.3, 0.4) is 0 Å². The predicted molar refractivity (Wildman–Crippen MR) is 67.8 cm³/mol. The van der Waals surface area contributed by atoms with E-state index in [1.807, 2.05) is 44.2 Å². The van der Waals surface area contributed by atoms with Crippen molar-refractivity contribution in [3.63, 3.8) is 0 Å². The average Bonchev–Trinajstić information content (AvgIpc) is 2.62. The molecular weight excluding hydrogens is 228 g/mol. The van der Waals surface area contributed by atoms with Crippen LogP contribution < -0.4 is 10.3 Å². The van der Waals surface area contributed by atoms with Crippen molar-refractivity contribution in [3.8, 4) is 5.88 Å². The number of fused-ring (bicyclic) bond motifs is 1. The van der Waals surface area contributed by atoms with Gasteiger partial charge >= 0.3 is 0 Å². The Labute approximate surface area is 105 Å². The van der Waals surface area contributed by atoms with E-state index in [1.165, 1.54) is 6.33 Å². The molecule has 1 aromatic carbocycles. The third-order valence-corrected chi connectivity index (χ3v) is 3.33. The first-order chi connectivity index (χ1) is 8.59. The van der Waals surface area contributed by atoms with E-state index in [1.54, 1.807) is 0 Å². The Balaban J connectivity index is 2.23. The average molecular weight is 242 g/mol. The molecule has 18 heavy (non-hydrogen) atoms. The summed E-state index contributed by atoms with van der Waals surface area (Å²) >= 11 is 0. The minimum atomic E-state index is -0.467. The first-order valence-electron chi connectivity index (χ1n) is 5.91. The first kappa shape index (κ1) is 11.0. The highest BCUT2D eigenvalue weighted by Gasteiger charge is 2.44. The molecule has 1 N–H and O–H groups in total. The van der Waals surface area contributed by atoms with Gasteiger partial charge in [0.15, 0.2) is 0 Å². The van der Waals surface area contributed by atoms with Gasteiger partial charge in [-0.3, -0.25) is 4.79 Å². The number of rotatable bonds is 1. The highest BCUT2D eigenvalue weighted by molar-refractivity contribution is 5.43. The molecule has 1 atom stereocenters. The molecule has 0 amide bonds. The lowest BCUT2D eigenvalue weighted by Gasteiger charge is -2.25. The Morgan fingerprint density at radius 3 is 2.72 bits per heavy atom. The van der Waals surface area contributed by atoms with Crippen LogP contribution in [0.5, 0.6) is 5.88 Å². The molecule has 0 radical (unpaired) electrons. The van der Waals surface area contributed by atoms with Gasteiger partial charge in [0.2, 0.25) is 5.88 Å². The predicted octanol–water partition coefficient (Wildman–Crippen LogP) is 2.07. The maximum Gasteiger partial charge on any atom is 0.258 e. The van der Waals surface area contributed by atoms with Gasteiger partial charge in [-0.25, -0.2) is 4.98 Å². The maximum absolute atomic E-state index is 12.0. The van der Waals surface area contributed by atoms with E-state index in [-0.39, 0.29) is 11.5 Å². The smallest absolute Gasteiger partial charge is 0.258 e. The lowest BCUT2D eigenvalue weighted by Crippen LogP contribution is -2.32. The Bertz CT molecular complexity index is 632. The quantitative estimate of drug-likeness (QED) is 0.833. The van der Waals surface area contributed by atoms with Gasteiger partial charge < -0.3 is 9.72 Å². The number of ether oxygens (including phenoxy) is 1. The van der Waals surface area contributed by atoms with Crippen molar-refractivity contribution in [1.82, 2.24) is 9.97 Å². The SMILES string of the molecule is CC1(C)Oc2nc[nH]c(=O)c2[C@@H]1c1ccccc1. The van der Waals surface area contributed by atoms with Crippen molar-refractivity contribution in [2.75, 3.05) is 0 Å². The molecule has 2 aromatic rings. The molecule has 0 saturated heterocycles. The number of nitrogens with zero attached hydrogens (tertiary/aromatic N) is 1. The highest BCUT2D eigenvalue weighted by Crippen LogP contribution is 2.44. The van der Waals surface area contributed by atoms with E-state index in [2.05, 4.69) is 9.97 Å². The molecule has 3 rings (SSSR count). The van der Waals surface area contributed by atoms with Crippen molar-refractivity contribution in [3.05, 3.63) is 58.1 Å². The van der Waals surface area contributed by atoms with Gasteiger partial charge in [0.25, 0.3) is 5.56 Å². The monoisotopic (exact) mass is 242 g/mol. The van der Waals surface area contributed by atoms with Crippen LogP contribution >= 0.6 is 0 Å². The lowest BCUT2D eigenvalue weighted by atomic mass is 9.82. The van der Waals surface area contributed by atoms with E-state index in [0.717, 1.165) is 5.56 Å². The van der Waals surface area contributed by atoms with Gasteiger partial charge in [0.05, 0.1) is 17.8 Å². The molecule has 1 aromatic heterocycles. The molecule has 0 spiro atoms. The van der Waals surface area contributed by atoms with Crippen molar-refractivity contribution in [1.29, 1.82) is 0 Å². The Kier molecular flexibility index (Phi) is 2.26. The zero-order valence-electron chi connectivity index (χ0n) is 10.3. The molecule has 0 aliphatic carbocycles. The zero-order valence-corrected chi connectivity index (χ0v) is 10.3. The van der Waals surface area contributed by atoms with Crippen LogP contribution in [0.2, 0.25) is 0 Å². The van der Waals surface area contributed by atoms with E-state index in [4.69, 9.17) is 4.74 Å². The maximum atomic E-state index is 12.0. The third kappa shape index (κ3) is 1.53. The minimum Gasteiger partial charge on any atom is -0.470 e. The number of aromatic nitrogens is 2. The molecule has 2 heterocycles. The fourth-order valence-corrected chi connectivity index (χ4v) is 2.60. The Morgan fingerprint density at radius 2 is 2.00 bits per heavy atom. The largest absolute Gasteiger partial charge is 0.470 e. The van der Waals surface area contributed by atoms with Crippen LogP contribution in [-0.2, 0) is 0 Å². The molecule has 0 saturated carbocycles. The zero-order chi connectivity index (χ0) is 12.8. The number of hydrogen-bond donors (Lipinski definition) is 1. The van der Waals surface area contributed by atoms with E-state index < -0.39 is 5.60 Å². The van der Waals surface area contributed by atoms with Crippen molar-refractivity contribution in [2.24, 2.45) is 0 Å². The number of nitrogens with one attached hydrogen (secondary N) is 1. The van der Waals surface area contributed by atoms with Gasteiger partial charge in [-0.1, -0.05) is 30.3 Å². The minimum absolute atomic E-state index is 0.0915. The summed E-state index contributed by atoms with van der Waals surface area (Å²) in [5.41, 5.74) is 1.10. The molecule has 92 valence electrons. The number of hydrogen-bond acceptors (Lipinski definition) is 3. The summed E-state index contributed by atoms with van der Waals surface area (Å²) in [7, 11) is 0. The van der Waals surface area contributed by atoms with Gasteiger partial charge in [0.1, 0.15) is 5.60 Å². The van der Waals surface area contributed by atoms with Crippen LogP contribution in [0.25, 0.3) is 0 Å². The summed E-state index contributed by atoms with van der Waals surface area (Å²) in [5, 5.41) is 0. The summed E-state index contributed by atoms with van der Waals surface area (Å²) in [6.45, 7) is 3.96. The van der Waals surface area contributed by atoms with Crippen LogP contribution in [0.4, 0.5) is 0 Å². The van der Waals surface area contributed by atoms with Gasteiger partial charge in [0, 0.05) is 0 Å². The van der Waals surface area contributed by atoms with Gasteiger partial charge in [-0.15, -0.1) is 0 Å². The summed E-state index contributed by atoms with van der Waals surface area (Å²) in [6, 6.07) is 9.91. The van der Waals surface area contributed by atoms with Crippen molar-refractivity contribution in [2.45, 2.75) is 25.4 Å². The second-order valence-electron chi connectivity index (χ2n) is 5.00. The van der Waals surface area contributed by atoms with Crippen LogP contribution in [0, 0.1) is 0 Å². The van der Waals surface area contributed by atoms with Crippen LogP contribution in [0.15, 0.2) is 41.5 Å². The summed E-state index contributed by atoms with van der Waals surface area (Å²) < 4.78 is 5.81. The van der Waals surface area contributed by atoms with Crippen LogP contribution in [-0.4, -0.2) is 15.6 Å². The number of aromatic amines is 1. The molecule has 1 aliphatic heterocycles. The second-order valence-corrected chi connectivity index (χ2v) is 5.00. The summed E-state index contributed by atoms with van der Waals surface area (Å²) in [6.07, 6.45) is 1.38. The molecular formula is C14H14N2O2. The summed E-state index contributed by atoms with van der Waals surface area (Å²) in [5.74, 6) is 0.351. The normalized spacial score (nSPS) is 20.2. The topological polar surface area (TPSA) is 55.0 Å². The molecule has 0 unspecified atom stereocenters. The third-order valence-electron chi connectivity index (χ3n) is 3.33. The number of benzene rings is 1. The molecule has 0 bridgehead atoms. The van der Waals surface area contributed by atoms with Gasteiger partial charge in [-0.2, -0.15) is 0 Å². The van der Waals surface area contributed by atoms with E-state index >= 15 is 0 Å². The Hall–Kier alpha value is -2.10. The van der Waals surface area contributed by atoms with Gasteiger partial charge in [-0.05, 0) is 19.4 Å². The molecule has 4 heteroatoms. The standard InChI is InChI=1S/C14H14N2O2/c1-14(2)11(9-6-4-3-5-7-9)10-12(17)15-8-16-13(10)18-14/h3-8,11H,1-2H3,(H,15,16,17)/t11-/m0/s1. The fourth-order valence-electron chi connectivity index (χ4n) is 2.60.